The van der Waals surface area contributed by atoms with E-state index in [9.17, 15) is 0 Å². The van der Waals surface area contributed by atoms with Crippen molar-refractivity contribution in [2.24, 2.45) is 0 Å². The molecular formula is C14H16. The van der Waals surface area contributed by atoms with Crippen molar-refractivity contribution in [3.63, 3.8) is 0 Å². The van der Waals surface area contributed by atoms with Crippen molar-refractivity contribution < 1.29 is 0 Å². The second-order valence-electron chi connectivity index (χ2n) is 3.84. The molecule has 0 spiro atoms. The van der Waals surface area contributed by atoms with Gasteiger partial charge in [0.15, 0.2) is 0 Å². The molecule has 0 fully saturated rings. The Balaban J connectivity index is 2.19. The minimum Gasteiger partial charge on any atom is -0.0842 e. The fourth-order valence-electron chi connectivity index (χ4n) is 1.94. The van der Waals surface area contributed by atoms with Crippen LogP contribution < -0.4 is 0 Å². The van der Waals surface area contributed by atoms with Crippen molar-refractivity contribution in [3.05, 3.63) is 59.7 Å². The maximum Gasteiger partial charge on any atom is 0.00230 e. The van der Waals surface area contributed by atoms with Gasteiger partial charge in [-0.1, -0.05) is 61.1 Å². The summed E-state index contributed by atoms with van der Waals surface area (Å²) in [5.74, 6) is 0.571. The topological polar surface area (TPSA) is 0 Å². The Hall–Kier alpha value is -1.30. The lowest BCUT2D eigenvalue weighted by molar-refractivity contribution is 0.799. The summed E-state index contributed by atoms with van der Waals surface area (Å²) in [5, 5.41) is 0. The predicted octanol–water partition coefficient (Wildman–Crippen LogP) is 4.07. The highest BCUT2D eigenvalue weighted by atomic mass is 14.2. The highest BCUT2D eigenvalue weighted by molar-refractivity contribution is 5.31. The van der Waals surface area contributed by atoms with Crippen LogP contribution >= 0.6 is 0 Å². The lowest BCUT2D eigenvalue weighted by atomic mass is 9.88. The van der Waals surface area contributed by atoms with E-state index in [1.165, 1.54) is 18.4 Å². The third kappa shape index (κ3) is 1.95. The van der Waals surface area contributed by atoms with Gasteiger partial charge in [0.1, 0.15) is 0 Å². The smallest absolute Gasteiger partial charge is 0.00230 e. The van der Waals surface area contributed by atoms with Crippen LogP contribution in [0.25, 0.3) is 0 Å². The molecule has 0 amide bonds. The van der Waals surface area contributed by atoms with Gasteiger partial charge in [-0.3, -0.25) is 0 Å². The van der Waals surface area contributed by atoms with Gasteiger partial charge >= 0.3 is 0 Å². The van der Waals surface area contributed by atoms with E-state index in [-0.39, 0.29) is 0 Å². The molecule has 1 aromatic carbocycles. The molecule has 0 aliphatic heterocycles. The zero-order valence-corrected chi connectivity index (χ0v) is 8.61. The fraction of sp³-hybridized carbons (Fsp3) is 0.286. The normalized spacial score (nSPS) is 17.6. The summed E-state index contributed by atoms with van der Waals surface area (Å²) in [7, 11) is 0. The van der Waals surface area contributed by atoms with Crippen molar-refractivity contribution in [1.29, 1.82) is 0 Å². The monoisotopic (exact) mass is 184 g/mol. The summed E-state index contributed by atoms with van der Waals surface area (Å²) in [4.78, 5) is 0. The Labute approximate surface area is 86.0 Å². The number of benzene rings is 1. The summed E-state index contributed by atoms with van der Waals surface area (Å²) < 4.78 is 0. The van der Waals surface area contributed by atoms with Crippen LogP contribution in [0.5, 0.6) is 0 Å². The van der Waals surface area contributed by atoms with Gasteiger partial charge in [-0.2, -0.15) is 0 Å². The van der Waals surface area contributed by atoms with Crippen LogP contribution in [0.15, 0.2) is 54.1 Å². The lowest BCUT2D eigenvalue weighted by Gasteiger charge is -2.17. The largest absolute Gasteiger partial charge is 0.0842 e. The summed E-state index contributed by atoms with van der Waals surface area (Å²) in [6, 6.07) is 10.7. The van der Waals surface area contributed by atoms with Crippen molar-refractivity contribution in [2.45, 2.75) is 25.7 Å². The molecule has 0 bridgehead atoms. The minimum atomic E-state index is 0.571. The molecule has 0 heterocycles. The molecule has 0 saturated heterocycles. The van der Waals surface area contributed by atoms with E-state index in [0.29, 0.717) is 5.92 Å². The fourth-order valence-corrected chi connectivity index (χ4v) is 1.94. The molecule has 1 atom stereocenters. The van der Waals surface area contributed by atoms with Crippen LogP contribution in [0.4, 0.5) is 0 Å². The van der Waals surface area contributed by atoms with Crippen molar-refractivity contribution in [2.75, 3.05) is 0 Å². The molecule has 1 aromatic rings. The molecule has 0 radical (unpaired) electrons. The SMILES string of the molecule is CC(C1=CC=CCC1)c1ccccc1. The second-order valence-corrected chi connectivity index (χ2v) is 3.84. The molecule has 1 aliphatic carbocycles. The molecule has 0 saturated carbocycles. The Kier molecular flexibility index (Phi) is 2.83. The van der Waals surface area contributed by atoms with Crippen LogP contribution in [-0.2, 0) is 0 Å². The molecule has 1 unspecified atom stereocenters. The molecule has 72 valence electrons. The second kappa shape index (κ2) is 4.28. The van der Waals surface area contributed by atoms with E-state index in [4.69, 9.17) is 0 Å². The van der Waals surface area contributed by atoms with Crippen molar-refractivity contribution in [1.82, 2.24) is 0 Å². The highest BCUT2D eigenvalue weighted by Crippen LogP contribution is 2.28. The summed E-state index contributed by atoms with van der Waals surface area (Å²) in [5.41, 5.74) is 2.98. The van der Waals surface area contributed by atoms with Crippen molar-refractivity contribution >= 4 is 0 Å². The van der Waals surface area contributed by atoms with Crippen LogP contribution in [0.3, 0.4) is 0 Å². The Morgan fingerprint density at radius 3 is 2.57 bits per heavy atom. The molecule has 0 nitrogen and oxygen atoms in total. The number of hydrogen-bond acceptors (Lipinski definition) is 0. The van der Waals surface area contributed by atoms with E-state index in [1.54, 1.807) is 5.57 Å². The first-order valence-electron chi connectivity index (χ1n) is 5.28. The van der Waals surface area contributed by atoms with E-state index >= 15 is 0 Å². The quantitative estimate of drug-likeness (QED) is 0.650. The Bertz CT molecular complexity index is 344. The first-order chi connectivity index (χ1) is 6.88. The molecule has 14 heavy (non-hydrogen) atoms. The van der Waals surface area contributed by atoms with Gasteiger partial charge in [0.2, 0.25) is 0 Å². The third-order valence-electron chi connectivity index (χ3n) is 2.90. The van der Waals surface area contributed by atoms with E-state index in [0.717, 1.165) is 0 Å². The van der Waals surface area contributed by atoms with Gasteiger partial charge in [0, 0.05) is 5.92 Å². The average Bonchev–Trinajstić information content (AvgIpc) is 2.30. The first-order valence-corrected chi connectivity index (χ1v) is 5.28. The van der Waals surface area contributed by atoms with Gasteiger partial charge in [-0.15, -0.1) is 0 Å². The van der Waals surface area contributed by atoms with Gasteiger partial charge in [-0.05, 0) is 18.4 Å². The average molecular weight is 184 g/mol. The van der Waals surface area contributed by atoms with Gasteiger partial charge in [0.25, 0.3) is 0 Å². The number of allylic oxidation sites excluding steroid dienone is 4. The minimum absolute atomic E-state index is 0.571. The molecule has 0 N–H and O–H groups in total. The predicted molar refractivity (Wildman–Crippen MR) is 61.3 cm³/mol. The third-order valence-corrected chi connectivity index (χ3v) is 2.90. The first kappa shape index (κ1) is 9.26. The molecule has 0 aromatic heterocycles. The zero-order valence-electron chi connectivity index (χ0n) is 8.61. The maximum absolute atomic E-state index is 2.29. The van der Waals surface area contributed by atoms with Crippen molar-refractivity contribution in [3.8, 4) is 0 Å². The van der Waals surface area contributed by atoms with E-state index in [1.807, 2.05) is 0 Å². The molecular weight excluding hydrogens is 168 g/mol. The lowest BCUT2D eigenvalue weighted by Crippen LogP contribution is -1.99. The van der Waals surface area contributed by atoms with Crippen LogP contribution in [0, 0.1) is 0 Å². The highest BCUT2D eigenvalue weighted by Gasteiger charge is 2.10. The number of hydrogen-bond donors (Lipinski definition) is 0. The summed E-state index contributed by atoms with van der Waals surface area (Å²) in [6.07, 6.45) is 9.09. The van der Waals surface area contributed by atoms with Crippen LogP contribution in [0.2, 0.25) is 0 Å². The van der Waals surface area contributed by atoms with Gasteiger partial charge in [0.05, 0.1) is 0 Å². The standard InChI is InChI=1S/C14H16/c1-12(13-8-4-2-5-9-13)14-10-6-3-7-11-14/h2-6,8-10,12H,7,11H2,1H3. The van der Waals surface area contributed by atoms with Crippen LogP contribution in [0.1, 0.15) is 31.2 Å². The maximum atomic E-state index is 2.29. The van der Waals surface area contributed by atoms with E-state index < -0.39 is 0 Å². The Morgan fingerprint density at radius 2 is 1.93 bits per heavy atom. The zero-order chi connectivity index (χ0) is 9.80. The molecule has 2 rings (SSSR count). The molecule has 1 aliphatic rings. The molecule has 0 heteroatoms. The van der Waals surface area contributed by atoms with Gasteiger partial charge in [-0.25, -0.2) is 0 Å². The summed E-state index contributed by atoms with van der Waals surface area (Å²) in [6.45, 7) is 2.29. The summed E-state index contributed by atoms with van der Waals surface area (Å²) >= 11 is 0. The Morgan fingerprint density at radius 1 is 1.14 bits per heavy atom. The van der Waals surface area contributed by atoms with E-state index in [2.05, 4.69) is 55.5 Å². The van der Waals surface area contributed by atoms with Crippen LogP contribution in [-0.4, -0.2) is 0 Å². The van der Waals surface area contributed by atoms with Gasteiger partial charge < -0.3 is 0 Å². The number of rotatable bonds is 2.